The van der Waals surface area contributed by atoms with Gasteiger partial charge in [0.25, 0.3) is 0 Å². The monoisotopic (exact) mass is 263 g/mol. The topological polar surface area (TPSA) is 113 Å². The lowest BCUT2D eigenvalue weighted by Crippen LogP contribution is -2.52. The van der Waals surface area contributed by atoms with Crippen LogP contribution in [0.2, 0.25) is 0 Å². The molecule has 0 aromatic rings. The van der Waals surface area contributed by atoms with Gasteiger partial charge in [-0.3, -0.25) is 19.8 Å². The van der Waals surface area contributed by atoms with Crippen LogP contribution in [-0.2, 0) is 19.6 Å². The van der Waals surface area contributed by atoms with Crippen LogP contribution in [0.5, 0.6) is 0 Å². The van der Waals surface area contributed by atoms with Gasteiger partial charge in [-0.1, -0.05) is 0 Å². The fourth-order valence-electron chi connectivity index (χ4n) is 1.51. The number of hydrogen-bond donors (Lipinski definition) is 2. The molecule has 1 saturated heterocycles. The minimum absolute atomic E-state index is 0.226. The maximum atomic E-state index is 11.3. The van der Waals surface area contributed by atoms with E-state index in [1.165, 1.54) is 13.8 Å². The number of amides is 4. The standard InChI is InChI=1S/C8H13N3O5S/c1-8(2,10-17(3,15)16)4-11-6(13)5(12)9-7(11)14/h10H,4H2,1-3H3,(H,9,12,14). The Morgan fingerprint density at radius 2 is 1.82 bits per heavy atom. The molecule has 0 spiro atoms. The maximum absolute atomic E-state index is 11.3. The molecule has 9 heteroatoms. The molecule has 0 aromatic carbocycles. The zero-order valence-corrected chi connectivity index (χ0v) is 10.4. The Hall–Kier alpha value is -1.48. The number of carbonyl (C=O) groups excluding carboxylic acids is 3. The van der Waals surface area contributed by atoms with Gasteiger partial charge < -0.3 is 0 Å². The summed E-state index contributed by atoms with van der Waals surface area (Å²) in [5.41, 5.74) is -1.05. The molecule has 0 unspecified atom stereocenters. The van der Waals surface area contributed by atoms with Crippen molar-refractivity contribution in [2.24, 2.45) is 0 Å². The first kappa shape index (κ1) is 13.6. The predicted molar refractivity (Wildman–Crippen MR) is 57.3 cm³/mol. The van der Waals surface area contributed by atoms with Gasteiger partial charge >= 0.3 is 17.8 Å². The molecule has 0 saturated carbocycles. The van der Waals surface area contributed by atoms with E-state index in [4.69, 9.17) is 0 Å². The molecule has 1 heterocycles. The van der Waals surface area contributed by atoms with Crippen LogP contribution in [0, 0.1) is 0 Å². The quantitative estimate of drug-likeness (QED) is 0.468. The van der Waals surface area contributed by atoms with Gasteiger partial charge in [0.05, 0.1) is 6.26 Å². The number of hydrogen-bond acceptors (Lipinski definition) is 5. The molecule has 0 radical (unpaired) electrons. The van der Waals surface area contributed by atoms with Gasteiger partial charge in [-0.25, -0.2) is 17.9 Å². The fourth-order valence-corrected chi connectivity index (χ4v) is 2.57. The fraction of sp³-hybridized carbons (Fsp3) is 0.625. The van der Waals surface area contributed by atoms with Crippen molar-refractivity contribution in [1.82, 2.24) is 14.9 Å². The molecular formula is C8H13N3O5S. The minimum atomic E-state index is -3.48. The lowest BCUT2D eigenvalue weighted by molar-refractivity contribution is -0.140. The van der Waals surface area contributed by atoms with Gasteiger partial charge in [0.2, 0.25) is 10.0 Å². The van der Waals surface area contributed by atoms with Crippen LogP contribution < -0.4 is 10.0 Å². The summed E-state index contributed by atoms with van der Waals surface area (Å²) in [6.07, 6.45) is 0.964. The second-order valence-corrected chi connectivity index (χ2v) is 6.16. The summed E-state index contributed by atoms with van der Waals surface area (Å²) in [4.78, 5) is 34.1. The molecule has 1 aliphatic rings. The Kier molecular flexibility index (Phi) is 3.26. The summed E-state index contributed by atoms with van der Waals surface area (Å²) in [6.45, 7) is 2.77. The average molecular weight is 263 g/mol. The minimum Gasteiger partial charge on any atom is -0.269 e. The van der Waals surface area contributed by atoms with E-state index in [1.54, 1.807) is 0 Å². The van der Waals surface area contributed by atoms with E-state index in [-0.39, 0.29) is 6.54 Å². The van der Waals surface area contributed by atoms with E-state index < -0.39 is 33.4 Å². The first-order valence-corrected chi connectivity index (χ1v) is 6.57. The number of nitrogens with one attached hydrogen (secondary N) is 2. The third-order valence-corrected chi connectivity index (χ3v) is 2.84. The molecule has 2 N–H and O–H groups in total. The predicted octanol–water partition coefficient (Wildman–Crippen LogP) is -1.61. The van der Waals surface area contributed by atoms with E-state index in [2.05, 4.69) is 4.72 Å². The third kappa shape index (κ3) is 3.49. The lowest BCUT2D eigenvalue weighted by Gasteiger charge is -2.28. The Bertz CT molecular complexity index is 481. The smallest absolute Gasteiger partial charge is 0.269 e. The Balaban J connectivity index is 2.81. The summed E-state index contributed by atoms with van der Waals surface area (Å²) in [5, 5.41) is 1.82. The van der Waals surface area contributed by atoms with Gasteiger partial charge in [-0.15, -0.1) is 0 Å². The van der Waals surface area contributed by atoms with Crippen molar-refractivity contribution in [2.45, 2.75) is 19.4 Å². The number of sulfonamides is 1. The summed E-state index contributed by atoms with van der Waals surface area (Å²) in [5.74, 6) is -2.00. The lowest BCUT2D eigenvalue weighted by atomic mass is 10.1. The molecule has 1 rings (SSSR count). The summed E-state index contributed by atoms with van der Waals surface area (Å²) in [6, 6.07) is -0.844. The molecule has 0 aromatic heterocycles. The molecule has 0 aliphatic carbocycles. The Labute approximate surface area is 98.4 Å². The van der Waals surface area contributed by atoms with Crippen LogP contribution in [0.3, 0.4) is 0 Å². The molecule has 1 fully saturated rings. The van der Waals surface area contributed by atoms with Crippen molar-refractivity contribution >= 4 is 27.9 Å². The van der Waals surface area contributed by atoms with Crippen LogP contribution in [-0.4, -0.2) is 49.5 Å². The summed E-state index contributed by atoms with van der Waals surface area (Å²) in [7, 11) is -3.48. The van der Waals surface area contributed by atoms with Crippen molar-refractivity contribution in [3.8, 4) is 0 Å². The molecule has 17 heavy (non-hydrogen) atoms. The van der Waals surface area contributed by atoms with Crippen molar-refractivity contribution < 1.29 is 22.8 Å². The first-order chi connectivity index (χ1) is 7.52. The van der Waals surface area contributed by atoms with E-state index >= 15 is 0 Å². The maximum Gasteiger partial charge on any atom is 0.331 e. The molecule has 1 aliphatic heterocycles. The van der Waals surface area contributed by atoms with E-state index in [1.807, 2.05) is 5.32 Å². The van der Waals surface area contributed by atoms with Crippen molar-refractivity contribution in [2.75, 3.05) is 12.8 Å². The van der Waals surface area contributed by atoms with Crippen molar-refractivity contribution in [3.05, 3.63) is 0 Å². The highest BCUT2D eigenvalue weighted by Crippen LogP contribution is 2.10. The number of urea groups is 1. The van der Waals surface area contributed by atoms with Crippen LogP contribution >= 0.6 is 0 Å². The normalized spacial score (nSPS) is 17.6. The van der Waals surface area contributed by atoms with Gasteiger partial charge in [-0.05, 0) is 13.8 Å². The molecule has 4 amide bonds. The highest BCUT2D eigenvalue weighted by atomic mass is 32.2. The molecule has 0 bridgehead atoms. The molecular weight excluding hydrogens is 250 g/mol. The van der Waals surface area contributed by atoms with Gasteiger partial charge in [-0.2, -0.15) is 0 Å². The molecule has 96 valence electrons. The van der Waals surface area contributed by atoms with Gasteiger partial charge in [0.15, 0.2) is 0 Å². The Morgan fingerprint density at radius 3 is 2.18 bits per heavy atom. The van der Waals surface area contributed by atoms with Crippen LogP contribution in [0.25, 0.3) is 0 Å². The van der Waals surface area contributed by atoms with Crippen LogP contribution in [0.4, 0.5) is 4.79 Å². The van der Waals surface area contributed by atoms with Crippen molar-refractivity contribution in [1.29, 1.82) is 0 Å². The van der Waals surface area contributed by atoms with Gasteiger partial charge in [0.1, 0.15) is 0 Å². The first-order valence-electron chi connectivity index (χ1n) is 4.68. The van der Waals surface area contributed by atoms with Crippen molar-refractivity contribution in [3.63, 3.8) is 0 Å². The average Bonchev–Trinajstić information content (AvgIpc) is 2.27. The second kappa shape index (κ2) is 4.08. The van der Waals surface area contributed by atoms with E-state index in [0.29, 0.717) is 4.90 Å². The number of imide groups is 2. The SMILES string of the molecule is CC(C)(CN1C(=O)NC(=O)C1=O)NS(C)(=O)=O. The van der Waals surface area contributed by atoms with E-state index in [9.17, 15) is 22.8 Å². The van der Waals surface area contributed by atoms with Gasteiger partial charge in [0, 0.05) is 12.1 Å². The number of carbonyl (C=O) groups is 3. The summed E-state index contributed by atoms with van der Waals surface area (Å²) < 4.78 is 24.4. The van der Waals surface area contributed by atoms with E-state index in [0.717, 1.165) is 6.26 Å². The number of nitrogens with zero attached hydrogens (tertiary/aromatic N) is 1. The number of rotatable bonds is 4. The largest absolute Gasteiger partial charge is 0.331 e. The summed E-state index contributed by atoms with van der Waals surface area (Å²) >= 11 is 0. The Morgan fingerprint density at radius 1 is 1.29 bits per heavy atom. The zero-order valence-electron chi connectivity index (χ0n) is 9.60. The third-order valence-electron chi connectivity index (χ3n) is 1.92. The zero-order chi connectivity index (χ0) is 13.4. The molecule has 8 nitrogen and oxygen atoms in total. The molecule has 0 atom stereocenters. The highest BCUT2D eigenvalue weighted by Gasteiger charge is 2.40. The van der Waals surface area contributed by atoms with Crippen LogP contribution in [0.15, 0.2) is 0 Å². The second-order valence-electron chi connectivity index (χ2n) is 4.41. The van der Waals surface area contributed by atoms with Crippen LogP contribution in [0.1, 0.15) is 13.8 Å². The highest BCUT2D eigenvalue weighted by molar-refractivity contribution is 7.88.